The second-order valence-electron chi connectivity index (χ2n) is 4.42. The summed E-state index contributed by atoms with van der Waals surface area (Å²) in [4.78, 5) is 0. The Labute approximate surface area is 120 Å². The van der Waals surface area contributed by atoms with Gasteiger partial charge in [0, 0.05) is 25.4 Å². The van der Waals surface area contributed by atoms with Crippen molar-refractivity contribution in [2.75, 3.05) is 19.8 Å². The number of hydrogen-bond donors (Lipinski definition) is 0. The Kier molecular flexibility index (Phi) is 5.12. The molecule has 0 aromatic heterocycles. The summed E-state index contributed by atoms with van der Waals surface area (Å²) in [6.07, 6.45) is 0. The summed E-state index contributed by atoms with van der Waals surface area (Å²) in [5.41, 5.74) is 0.891. The highest BCUT2D eigenvalue weighted by atomic mass is 16.9. The van der Waals surface area contributed by atoms with Crippen LogP contribution in [0.15, 0.2) is 42.5 Å². The molecule has 20 heavy (non-hydrogen) atoms. The Morgan fingerprint density at radius 3 is 1.85 bits per heavy atom. The summed E-state index contributed by atoms with van der Waals surface area (Å²) in [5.74, 6) is -1.11. The monoisotopic (exact) mass is 274 g/mol. The van der Waals surface area contributed by atoms with Crippen LogP contribution in [-0.4, -0.2) is 19.8 Å². The molecule has 108 valence electrons. The fourth-order valence-corrected chi connectivity index (χ4v) is 2.32. The molecule has 0 amide bonds. The highest BCUT2D eigenvalue weighted by Crippen LogP contribution is 2.31. The molecule has 0 heterocycles. The second kappa shape index (κ2) is 6.84. The highest BCUT2D eigenvalue weighted by Gasteiger charge is 2.35. The first-order valence-corrected chi connectivity index (χ1v) is 7.17. The van der Waals surface area contributed by atoms with Crippen LogP contribution in [0.5, 0.6) is 0 Å². The molecule has 0 bridgehead atoms. The van der Waals surface area contributed by atoms with Crippen LogP contribution in [0.4, 0.5) is 0 Å². The Bertz CT molecular complexity index is 534. The maximum absolute atomic E-state index is 5.80. The second-order valence-corrected chi connectivity index (χ2v) is 4.42. The van der Waals surface area contributed by atoms with Crippen LogP contribution in [0.1, 0.15) is 26.3 Å². The zero-order valence-electron chi connectivity index (χ0n) is 12.4. The molecule has 2 aromatic rings. The molecule has 0 radical (unpaired) electrons. The van der Waals surface area contributed by atoms with Crippen molar-refractivity contribution in [1.29, 1.82) is 0 Å². The van der Waals surface area contributed by atoms with Crippen molar-refractivity contribution in [1.82, 2.24) is 0 Å². The van der Waals surface area contributed by atoms with Gasteiger partial charge in [-0.1, -0.05) is 36.4 Å². The van der Waals surface area contributed by atoms with Crippen LogP contribution in [0.3, 0.4) is 0 Å². The molecular formula is C17H22O3. The SMILES string of the molecule is CCOC(OCC)(OCC)c1ccc2ccccc2c1. The maximum atomic E-state index is 5.80. The quantitative estimate of drug-likeness (QED) is 0.713. The van der Waals surface area contributed by atoms with Gasteiger partial charge >= 0.3 is 5.97 Å². The van der Waals surface area contributed by atoms with Gasteiger partial charge in [-0.05, 0) is 37.6 Å². The first kappa shape index (κ1) is 15.0. The van der Waals surface area contributed by atoms with Crippen molar-refractivity contribution in [2.24, 2.45) is 0 Å². The van der Waals surface area contributed by atoms with Crippen LogP contribution in [0, 0.1) is 0 Å². The number of benzene rings is 2. The van der Waals surface area contributed by atoms with E-state index in [4.69, 9.17) is 14.2 Å². The van der Waals surface area contributed by atoms with E-state index in [0.29, 0.717) is 19.8 Å². The molecule has 0 aliphatic heterocycles. The summed E-state index contributed by atoms with van der Waals surface area (Å²) >= 11 is 0. The number of fused-ring (bicyclic) bond motifs is 1. The third kappa shape index (κ3) is 3.01. The minimum atomic E-state index is -1.11. The smallest absolute Gasteiger partial charge is 0.311 e. The van der Waals surface area contributed by atoms with Gasteiger partial charge < -0.3 is 14.2 Å². The Balaban J connectivity index is 2.48. The summed E-state index contributed by atoms with van der Waals surface area (Å²) in [6, 6.07) is 14.4. The zero-order chi connectivity index (χ0) is 14.4. The fourth-order valence-electron chi connectivity index (χ4n) is 2.32. The minimum absolute atomic E-state index is 0.521. The summed E-state index contributed by atoms with van der Waals surface area (Å²) in [5, 5.41) is 2.34. The van der Waals surface area contributed by atoms with Crippen LogP contribution in [-0.2, 0) is 20.2 Å². The van der Waals surface area contributed by atoms with E-state index in [0.717, 1.165) is 10.9 Å². The first-order chi connectivity index (χ1) is 9.75. The lowest BCUT2D eigenvalue weighted by molar-refractivity contribution is -0.389. The largest absolute Gasteiger partial charge is 0.324 e. The Morgan fingerprint density at radius 2 is 1.30 bits per heavy atom. The molecular weight excluding hydrogens is 252 g/mol. The van der Waals surface area contributed by atoms with Gasteiger partial charge in [0.2, 0.25) is 0 Å². The molecule has 0 saturated carbocycles. The Morgan fingerprint density at radius 1 is 0.750 bits per heavy atom. The normalized spacial score (nSPS) is 11.9. The maximum Gasteiger partial charge on any atom is 0.311 e. The minimum Gasteiger partial charge on any atom is -0.324 e. The van der Waals surface area contributed by atoms with Crippen molar-refractivity contribution in [3.63, 3.8) is 0 Å². The van der Waals surface area contributed by atoms with Gasteiger partial charge in [-0.25, -0.2) is 0 Å². The van der Waals surface area contributed by atoms with Crippen molar-refractivity contribution in [2.45, 2.75) is 26.7 Å². The average Bonchev–Trinajstić information content (AvgIpc) is 2.47. The van der Waals surface area contributed by atoms with E-state index in [1.54, 1.807) is 0 Å². The van der Waals surface area contributed by atoms with E-state index in [2.05, 4.69) is 24.3 Å². The van der Waals surface area contributed by atoms with Crippen molar-refractivity contribution >= 4 is 10.8 Å². The summed E-state index contributed by atoms with van der Waals surface area (Å²) in [7, 11) is 0. The van der Waals surface area contributed by atoms with Crippen molar-refractivity contribution in [3.8, 4) is 0 Å². The number of hydrogen-bond acceptors (Lipinski definition) is 3. The van der Waals surface area contributed by atoms with Crippen LogP contribution >= 0.6 is 0 Å². The lowest BCUT2D eigenvalue weighted by atomic mass is 10.1. The zero-order valence-corrected chi connectivity index (χ0v) is 12.4. The summed E-state index contributed by atoms with van der Waals surface area (Å²) in [6.45, 7) is 7.38. The van der Waals surface area contributed by atoms with E-state index < -0.39 is 5.97 Å². The molecule has 0 fully saturated rings. The summed E-state index contributed by atoms with van der Waals surface area (Å²) < 4.78 is 17.4. The Hall–Kier alpha value is -1.42. The van der Waals surface area contributed by atoms with Crippen molar-refractivity contribution in [3.05, 3.63) is 48.0 Å². The fraction of sp³-hybridized carbons (Fsp3) is 0.412. The molecule has 0 unspecified atom stereocenters. The van der Waals surface area contributed by atoms with E-state index in [9.17, 15) is 0 Å². The average molecular weight is 274 g/mol. The molecule has 0 aliphatic rings. The standard InChI is InChI=1S/C17H22O3/c1-4-18-17(19-5-2,20-6-3)16-12-11-14-9-7-8-10-15(14)13-16/h7-13H,4-6H2,1-3H3. The van der Waals surface area contributed by atoms with Gasteiger partial charge in [0.05, 0.1) is 0 Å². The predicted molar refractivity (Wildman–Crippen MR) is 80.5 cm³/mol. The third-order valence-corrected chi connectivity index (χ3v) is 3.11. The van der Waals surface area contributed by atoms with Gasteiger partial charge in [-0.3, -0.25) is 0 Å². The van der Waals surface area contributed by atoms with E-state index in [-0.39, 0.29) is 0 Å². The number of ether oxygens (including phenoxy) is 3. The number of rotatable bonds is 7. The van der Waals surface area contributed by atoms with Crippen LogP contribution in [0.25, 0.3) is 10.8 Å². The van der Waals surface area contributed by atoms with Crippen molar-refractivity contribution < 1.29 is 14.2 Å². The molecule has 3 heteroatoms. The lowest BCUT2D eigenvalue weighted by Crippen LogP contribution is -2.36. The molecule has 2 rings (SSSR count). The third-order valence-electron chi connectivity index (χ3n) is 3.11. The molecule has 0 atom stereocenters. The van der Waals surface area contributed by atoms with Gasteiger partial charge in [0.15, 0.2) is 0 Å². The highest BCUT2D eigenvalue weighted by molar-refractivity contribution is 5.83. The molecule has 2 aromatic carbocycles. The predicted octanol–water partition coefficient (Wildman–Crippen LogP) is 4.06. The van der Waals surface area contributed by atoms with Gasteiger partial charge in [0.25, 0.3) is 0 Å². The van der Waals surface area contributed by atoms with E-state index in [1.807, 2.05) is 39.0 Å². The van der Waals surface area contributed by atoms with Gasteiger partial charge in [-0.2, -0.15) is 0 Å². The van der Waals surface area contributed by atoms with Gasteiger partial charge in [0.1, 0.15) is 0 Å². The molecule has 0 spiro atoms. The van der Waals surface area contributed by atoms with E-state index >= 15 is 0 Å². The first-order valence-electron chi connectivity index (χ1n) is 7.17. The van der Waals surface area contributed by atoms with Crippen LogP contribution < -0.4 is 0 Å². The topological polar surface area (TPSA) is 27.7 Å². The lowest BCUT2D eigenvalue weighted by Gasteiger charge is -2.32. The van der Waals surface area contributed by atoms with Crippen LogP contribution in [0.2, 0.25) is 0 Å². The van der Waals surface area contributed by atoms with E-state index in [1.165, 1.54) is 5.39 Å². The molecule has 3 nitrogen and oxygen atoms in total. The van der Waals surface area contributed by atoms with Gasteiger partial charge in [-0.15, -0.1) is 0 Å². The molecule has 0 saturated heterocycles. The molecule has 0 N–H and O–H groups in total. The molecule has 0 aliphatic carbocycles.